The van der Waals surface area contributed by atoms with Crippen molar-refractivity contribution >= 4 is 22.5 Å². The lowest BCUT2D eigenvalue weighted by molar-refractivity contribution is 0.780. The Labute approximate surface area is 88.1 Å². The van der Waals surface area contributed by atoms with Crippen molar-refractivity contribution in [2.75, 3.05) is 6.54 Å². The van der Waals surface area contributed by atoms with E-state index in [2.05, 4.69) is 11.9 Å². The van der Waals surface area contributed by atoms with Crippen LogP contribution in [0.5, 0.6) is 0 Å². The lowest BCUT2D eigenvalue weighted by atomic mass is 10.0. The molecule has 0 saturated heterocycles. The minimum atomic E-state index is 0.363. The highest BCUT2D eigenvalue weighted by atomic mass is 35.5. The van der Waals surface area contributed by atoms with Crippen LogP contribution >= 0.6 is 11.6 Å². The molecule has 1 heterocycles. The van der Waals surface area contributed by atoms with Crippen molar-refractivity contribution in [2.24, 2.45) is 5.73 Å². The summed E-state index contributed by atoms with van der Waals surface area (Å²) in [5, 5.41) is 1.94. The highest BCUT2D eigenvalue weighted by Gasteiger charge is 2.09. The Morgan fingerprint density at radius 2 is 2.29 bits per heavy atom. The van der Waals surface area contributed by atoms with Crippen molar-refractivity contribution in [3.05, 3.63) is 35.0 Å². The van der Waals surface area contributed by atoms with Crippen LogP contribution in [0.15, 0.2) is 24.4 Å². The number of aromatic nitrogens is 1. The summed E-state index contributed by atoms with van der Waals surface area (Å²) < 4.78 is 0. The highest BCUT2D eigenvalue weighted by molar-refractivity contribution is 6.31. The molecular formula is C11H13ClN2. The van der Waals surface area contributed by atoms with E-state index in [4.69, 9.17) is 17.3 Å². The Morgan fingerprint density at radius 3 is 3.00 bits per heavy atom. The Balaban J connectivity index is 2.61. The lowest BCUT2D eigenvalue weighted by Gasteiger charge is -2.06. The van der Waals surface area contributed by atoms with Crippen molar-refractivity contribution < 1.29 is 0 Å². The van der Waals surface area contributed by atoms with Crippen molar-refractivity contribution in [3.63, 3.8) is 0 Å². The Morgan fingerprint density at radius 1 is 1.50 bits per heavy atom. The first kappa shape index (κ1) is 9.56. The number of nitrogens with one attached hydrogen (secondary N) is 1. The van der Waals surface area contributed by atoms with Crippen LogP contribution in [-0.2, 0) is 0 Å². The van der Waals surface area contributed by atoms with Crippen LogP contribution < -0.4 is 5.73 Å². The molecule has 0 spiro atoms. The number of hydrogen-bond donors (Lipinski definition) is 2. The summed E-state index contributed by atoms with van der Waals surface area (Å²) >= 11 is 5.95. The molecule has 2 rings (SSSR count). The van der Waals surface area contributed by atoms with Crippen molar-refractivity contribution in [3.8, 4) is 0 Å². The maximum Gasteiger partial charge on any atom is 0.0457 e. The number of aromatic amines is 1. The number of nitrogens with two attached hydrogens (primary N) is 1. The molecule has 1 atom stereocenters. The molecule has 1 aromatic heterocycles. The molecule has 0 bridgehead atoms. The second-order valence-corrected chi connectivity index (χ2v) is 4.01. The van der Waals surface area contributed by atoms with Gasteiger partial charge in [0.2, 0.25) is 0 Å². The van der Waals surface area contributed by atoms with Gasteiger partial charge in [-0.1, -0.05) is 18.5 Å². The average molecular weight is 209 g/mol. The van der Waals surface area contributed by atoms with E-state index in [1.807, 2.05) is 24.4 Å². The minimum Gasteiger partial charge on any atom is -0.361 e. The molecule has 3 N–H and O–H groups in total. The molecule has 14 heavy (non-hydrogen) atoms. The predicted octanol–water partition coefficient (Wildman–Crippen LogP) is 2.88. The molecule has 2 aromatic rings. The van der Waals surface area contributed by atoms with Gasteiger partial charge in [0.25, 0.3) is 0 Å². The van der Waals surface area contributed by atoms with E-state index in [9.17, 15) is 0 Å². The van der Waals surface area contributed by atoms with Gasteiger partial charge >= 0.3 is 0 Å². The third-order valence-electron chi connectivity index (χ3n) is 2.56. The van der Waals surface area contributed by atoms with Crippen LogP contribution in [-0.4, -0.2) is 11.5 Å². The number of benzene rings is 1. The fourth-order valence-electron chi connectivity index (χ4n) is 1.65. The summed E-state index contributed by atoms with van der Waals surface area (Å²) in [6.45, 7) is 2.77. The van der Waals surface area contributed by atoms with Crippen LogP contribution in [0, 0.1) is 0 Å². The molecule has 1 unspecified atom stereocenters. The van der Waals surface area contributed by atoms with Gasteiger partial charge in [-0.25, -0.2) is 0 Å². The SMILES string of the molecule is CC(CN)c1c[nH]c2ccc(Cl)cc12. The second-order valence-electron chi connectivity index (χ2n) is 3.57. The summed E-state index contributed by atoms with van der Waals surface area (Å²) in [5.41, 5.74) is 8.00. The van der Waals surface area contributed by atoms with E-state index in [1.165, 1.54) is 10.9 Å². The number of H-pyrrole nitrogens is 1. The Bertz CT molecular complexity index is 447. The van der Waals surface area contributed by atoms with Crippen LogP contribution in [0.1, 0.15) is 18.4 Å². The quantitative estimate of drug-likeness (QED) is 0.783. The molecule has 0 radical (unpaired) electrons. The van der Waals surface area contributed by atoms with E-state index in [1.54, 1.807) is 0 Å². The first-order valence-electron chi connectivity index (χ1n) is 4.69. The van der Waals surface area contributed by atoms with Gasteiger partial charge in [0.05, 0.1) is 0 Å². The first-order chi connectivity index (χ1) is 6.72. The monoisotopic (exact) mass is 208 g/mol. The molecular weight excluding hydrogens is 196 g/mol. The van der Waals surface area contributed by atoms with Crippen LogP contribution in [0.4, 0.5) is 0 Å². The van der Waals surface area contributed by atoms with E-state index in [0.717, 1.165) is 10.5 Å². The number of halogens is 1. The van der Waals surface area contributed by atoms with Crippen LogP contribution in [0.3, 0.4) is 0 Å². The Hall–Kier alpha value is -0.990. The third kappa shape index (κ3) is 1.51. The van der Waals surface area contributed by atoms with E-state index < -0.39 is 0 Å². The molecule has 0 aliphatic heterocycles. The lowest BCUT2D eigenvalue weighted by Crippen LogP contribution is -2.08. The third-order valence-corrected chi connectivity index (χ3v) is 2.80. The number of rotatable bonds is 2. The average Bonchev–Trinajstić information content (AvgIpc) is 2.59. The van der Waals surface area contributed by atoms with E-state index >= 15 is 0 Å². The van der Waals surface area contributed by atoms with Crippen molar-refractivity contribution in [1.82, 2.24) is 4.98 Å². The van der Waals surface area contributed by atoms with Crippen LogP contribution in [0.2, 0.25) is 5.02 Å². The van der Waals surface area contributed by atoms with Gasteiger partial charge in [-0.3, -0.25) is 0 Å². The van der Waals surface area contributed by atoms with Gasteiger partial charge in [0.1, 0.15) is 0 Å². The highest BCUT2D eigenvalue weighted by Crippen LogP contribution is 2.27. The topological polar surface area (TPSA) is 41.8 Å². The largest absolute Gasteiger partial charge is 0.361 e. The normalized spacial score (nSPS) is 13.4. The maximum absolute atomic E-state index is 5.95. The molecule has 0 saturated carbocycles. The fourth-order valence-corrected chi connectivity index (χ4v) is 1.82. The first-order valence-corrected chi connectivity index (χ1v) is 5.06. The van der Waals surface area contributed by atoms with Gasteiger partial charge in [0, 0.05) is 22.1 Å². The van der Waals surface area contributed by atoms with Crippen LogP contribution in [0.25, 0.3) is 10.9 Å². The number of hydrogen-bond acceptors (Lipinski definition) is 1. The second kappa shape index (κ2) is 3.64. The molecule has 2 nitrogen and oxygen atoms in total. The zero-order valence-corrected chi connectivity index (χ0v) is 8.81. The molecule has 74 valence electrons. The smallest absolute Gasteiger partial charge is 0.0457 e. The van der Waals surface area contributed by atoms with E-state index in [-0.39, 0.29) is 0 Å². The van der Waals surface area contributed by atoms with E-state index in [0.29, 0.717) is 12.5 Å². The summed E-state index contributed by atoms with van der Waals surface area (Å²) in [5.74, 6) is 0.363. The fraction of sp³-hybridized carbons (Fsp3) is 0.273. The van der Waals surface area contributed by atoms with Gasteiger partial charge in [-0.05, 0) is 36.2 Å². The molecule has 0 amide bonds. The molecule has 3 heteroatoms. The van der Waals surface area contributed by atoms with Crippen molar-refractivity contribution in [1.29, 1.82) is 0 Å². The van der Waals surface area contributed by atoms with Gasteiger partial charge in [0.15, 0.2) is 0 Å². The summed E-state index contributed by atoms with van der Waals surface area (Å²) in [6, 6.07) is 5.86. The summed E-state index contributed by atoms with van der Waals surface area (Å²) in [6.07, 6.45) is 2.01. The summed E-state index contributed by atoms with van der Waals surface area (Å²) in [4.78, 5) is 3.22. The molecule has 0 aliphatic rings. The predicted molar refractivity (Wildman–Crippen MR) is 60.8 cm³/mol. The minimum absolute atomic E-state index is 0.363. The van der Waals surface area contributed by atoms with Gasteiger partial charge < -0.3 is 10.7 Å². The molecule has 0 aliphatic carbocycles. The maximum atomic E-state index is 5.95. The Kier molecular flexibility index (Phi) is 2.48. The zero-order valence-electron chi connectivity index (χ0n) is 8.05. The molecule has 0 fully saturated rings. The van der Waals surface area contributed by atoms with Gasteiger partial charge in [-0.15, -0.1) is 0 Å². The standard InChI is InChI=1S/C11H13ClN2/c1-7(5-13)10-6-14-11-3-2-8(12)4-9(10)11/h2-4,6-7,14H,5,13H2,1H3. The number of fused-ring (bicyclic) bond motifs is 1. The molecule has 1 aromatic carbocycles. The van der Waals surface area contributed by atoms with Gasteiger partial charge in [-0.2, -0.15) is 0 Å². The zero-order chi connectivity index (χ0) is 10.1. The summed E-state index contributed by atoms with van der Waals surface area (Å²) in [7, 11) is 0. The van der Waals surface area contributed by atoms with Crippen molar-refractivity contribution in [2.45, 2.75) is 12.8 Å².